The Morgan fingerprint density at radius 1 is 1.12 bits per heavy atom. The second kappa shape index (κ2) is 7.60. The van der Waals surface area contributed by atoms with Gasteiger partial charge in [-0.25, -0.2) is 4.79 Å². The standard InChI is InChI=1S/C11H22O5Si/c1-7-8-10(12)16-11(9(2)3)17(13-4,14-5)15-6/h7-9,11H,1-6H3. The maximum Gasteiger partial charge on any atom is 0.543 e. The Hall–Kier alpha value is -0.693. The summed E-state index contributed by atoms with van der Waals surface area (Å²) in [5.41, 5.74) is -0.522. The SMILES string of the molecule is CC=CC(=O)OC(C(C)C)[Si](OC)(OC)OC. The predicted octanol–water partition coefficient (Wildman–Crippen LogP) is 1.55. The largest absolute Gasteiger partial charge is 0.543 e. The van der Waals surface area contributed by atoms with Crippen LogP contribution < -0.4 is 0 Å². The molecule has 100 valence electrons. The van der Waals surface area contributed by atoms with Crippen molar-refractivity contribution in [1.29, 1.82) is 0 Å². The maximum absolute atomic E-state index is 11.5. The van der Waals surface area contributed by atoms with Gasteiger partial charge in [0.1, 0.15) is 0 Å². The molecule has 0 N–H and O–H groups in total. The molecule has 0 heterocycles. The zero-order valence-corrected chi connectivity index (χ0v) is 12.4. The van der Waals surface area contributed by atoms with E-state index < -0.39 is 20.5 Å². The summed E-state index contributed by atoms with van der Waals surface area (Å²) in [5.74, 6) is -0.384. The molecule has 0 saturated heterocycles. The van der Waals surface area contributed by atoms with Gasteiger partial charge in [-0.2, -0.15) is 0 Å². The average Bonchev–Trinajstić information content (AvgIpc) is 2.30. The Labute approximate surface area is 104 Å². The van der Waals surface area contributed by atoms with Crippen molar-refractivity contribution in [3.05, 3.63) is 12.2 Å². The topological polar surface area (TPSA) is 54.0 Å². The second-order valence-corrected chi connectivity index (χ2v) is 6.82. The highest BCUT2D eigenvalue weighted by atomic mass is 28.4. The van der Waals surface area contributed by atoms with E-state index >= 15 is 0 Å². The lowest BCUT2D eigenvalue weighted by Crippen LogP contribution is -2.58. The monoisotopic (exact) mass is 262 g/mol. The first-order valence-corrected chi connectivity index (χ1v) is 7.26. The first kappa shape index (κ1) is 16.3. The summed E-state index contributed by atoms with van der Waals surface area (Å²) in [6, 6.07) is 0. The highest BCUT2D eigenvalue weighted by Crippen LogP contribution is 2.22. The third-order valence-corrected chi connectivity index (χ3v) is 5.54. The molecule has 0 aliphatic carbocycles. The molecule has 0 rings (SSSR count). The van der Waals surface area contributed by atoms with Crippen molar-refractivity contribution >= 4 is 14.8 Å². The van der Waals surface area contributed by atoms with Gasteiger partial charge in [-0.15, -0.1) is 0 Å². The number of carbonyl (C=O) groups excluding carboxylic acids is 1. The summed E-state index contributed by atoms with van der Waals surface area (Å²) in [6.07, 6.45) is 2.98. The maximum atomic E-state index is 11.5. The molecule has 0 aliphatic rings. The molecule has 1 atom stereocenters. The van der Waals surface area contributed by atoms with Crippen LogP contribution in [0.15, 0.2) is 12.2 Å². The zero-order valence-electron chi connectivity index (χ0n) is 11.4. The molecule has 6 heteroatoms. The van der Waals surface area contributed by atoms with Crippen molar-refractivity contribution in [2.45, 2.75) is 26.5 Å². The molecule has 0 bridgehead atoms. The lowest BCUT2D eigenvalue weighted by molar-refractivity contribution is -0.144. The Bertz CT molecular complexity index is 252. The van der Waals surface area contributed by atoms with Crippen LogP contribution in [0.1, 0.15) is 20.8 Å². The molecule has 0 aromatic rings. The normalized spacial score (nSPS) is 14.3. The van der Waals surface area contributed by atoms with Gasteiger partial charge in [-0.05, 0) is 12.8 Å². The van der Waals surface area contributed by atoms with Crippen LogP contribution in [0.3, 0.4) is 0 Å². The lowest BCUT2D eigenvalue weighted by Gasteiger charge is -2.33. The van der Waals surface area contributed by atoms with E-state index in [1.54, 1.807) is 13.0 Å². The van der Waals surface area contributed by atoms with E-state index in [0.717, 1.165) is 0 Å². The molecule has 0 saturated carbocycles. The van der Waals surface area contributed by atoms with Gasteiger partial charge in [0.25, 0.3) is 0 Å². The molecule has 1 unspecified atom stereocenters. The number of allylic oxidation sites excluding steroid dienone is 1. The quantitative estimate of drug-likeness (QED) is 0.396. The summed E-state index contributed by atoms with van der Waals surface area (Å²) in [5, 5.41) is 0. The van der Waals surface area contributed by atoms with Crippen LogP contribution in [-0.2, 0) is 22.8 Å². The smallest absolute Gasteiger partial charge is 0.454 e. The third-order valence-electron chi connectivity index (χ3n) is 2.35. The number of esters is 1. The number of hydrogen-bond acceptors (Lipinski definition) is 5. The van der Waals surface area contributed by atoms with E-state index in [9.17, 15) is 4.79 Å². The molecule has 0 fully saturated rings. The van der Waals surface area contributed by atoms with Crippen LogP contribution >= 0.6 is 0 Å². The number of ether oxygens (including phenoxy) is 1. The molecule has 0 radical (unpaired) electrons. The Morgan fingerprint density at radius 2 is 1.59 bits per heavy atom. The number of rotatable bonds is 7. The summed E-state index contributed by atoms with van der Waals surface area (Å²) < 4.78 is 21.3. The molecular weight excluding hydrogens is 240 g/mol. The van der Waals surface area contributed by atoms with Crippen molar-refractivity contribution < 1.29 is 22.8 Å². The van der Waals surface area contributed by atoms with E-state index in [-0.39, 0.29) is 5.92 Å². The van der Waals surface area contributed by atoms with E-state index in [2.05, 4.69) is 0 Å². The van der Waals surface area contributed by atoms with Gasteiger partial charge in [-0.3, -0.25) is 0 Å². The number of hydrogen-bond donors (Lipinski definition) is 0. The molecular formula is C11H22O5Si. The molecule has 5 nitrogen and oxygen atoms in total. The van der Waals surface area contributed by atoms with E-state index in [1.165, 1.54) is 27.4 Å². The van der Waals surface area contributed by atoms with Gasteiger partial charge >= 0.3 is 14.8 Å². The van der Waals surface area contributed by atoms with E-state index in [4.69, 9.17) is 18.0 Å². The highest BCUT2D eigenvalue weighted by Gasteiger charge is 2.51. The van der Waals surface area contributed by atoms with Gasteiger partial charge in [0.15, 0.2) is 5.73 Å². The van der Waals surface area contributed by atoms with Crippen LogP contribution in [0, 0.1) is 5.92 Å². The third kappa shape index (κ3) is 4.23. The van der Waals surface area contributed by atoms with Gasteiger partial charge < -0.3 is 18.0 Å². The van der Waals surface area contributed by atoms with E-state index in [0.29, 0.717) is 0 Å². The van der Waals surface area contributed by atoms with Gasteiger partial charge in [0.05, 0.1) is 0 Å². The molecule has 0 aromatic heterocycles. The Balaban J connectivity index is 5.00. The zero-order chi connectivity index (χ0) is 13.5. The summed E-state index contributed by atoms with van der Waals surface area (Å²) >= 11 is 0. The minimum atomic E-state index is -2.98. The fraction of sp³-hybridized carbons (Fsp3) is 0.727. The fourth-order valence-electron chi connectivity index (χ4n) is 1.52. The van der Waals surface area contributed by atoms with Crippen LogP contribution in [0.25, 0.3) is 0 Å². The van der Waals surface area contributed by atoms with Gasteiger partial charge in [0.2, 0.25) is 0 Å². The summed E-state index contributed by atoms with van der Waals surface area (Å²) in [6.45, 7) is 5.60. The predicted molar refractivity (Wildman–Crippen MR) is 66.3 cm³/mol. The highest BCUT2D eigenvalue weighted by molar-refractivity contribution is 6.62. The Morgan fingerprint density at radius 3 is 1.88 bits per heavy atom. The summed E-state index contributed by atoms with van der Waals surface area (Å²) in [4.78, 5) is 11.5. The lowest BCUT2D eigenvalue weighted by atomic mass is 10.2. The molecule has 0 amide bonds. The average molecular weight is 262 g/mol. The number of carbonyl (C=O) groups is 1. The summed E-state index contributed by atoms with van der Waals surface area (Å²) in [7, 11) is 1.52. The molecule has 0 aliphatic heterocycles. The van der Waals surface area contributed by atoms with Crippen LogP contribution in [-0.4, -0.2) is 41.8 Å². The minimum absolute atomic E-state index is 0.0377. The van der Waals surface area contributed by atoms with Crippen LogP contribution in [0.2, 0.25) is 0 Å². The van der Waals surface area contributed by atoms with Crippen molar-refractivity contribution in [3.63, 3.8) is 0 Å². The molecule has 0 spiro atoms. The first-order chi connectivity index (χ1) is 7.97. The fourth-order valence-corrected chi connectivity index (χ4v) is 3.79. The first-order valence-electron chi connectivity index (χ1n) is 5.46. The van der Waals surface area contributed by atoms with Crippen molar-refractivity contribution in [3.8, 4) is 0 Å². The van der Waals surface area contributed by atoms with Crippen molar-refractivity contribution in [1.82, 2.24) is 0 Å². The Kier molecular flexibility index (Phi) is 7.29. The van der Waals surface area contributed by atoms with E-state index in [1.807, 2.05) is 13.8 Å². The minimum Gasteiger partial charge on any atom is -0.454 e. The van der Waals surface area contributed by atoms with Crippen LogP contribution in [0.5, 0.6) is 0 Å². The van der Waals surface area contributed by atoms with Crippen LogP contribution in [0.4, 0.5) is 0 Å². The molecule has 0 aromatic carbocycles. The van der Waals surface area contributed by atoms with Gasteiger partial charge in [0, 0.05) is 27.4 Å². The molecule has 17 heavy (non-hydrogen) atoms. The van der Waals surface area contributed by atoms with Gasteiger partial charge in [-0.1, -0.05) is 19.9 Å². The van der Waals surface area contributed by atoms with Crippen molar-refractivity contribution in [2.24, 2.45) is 5.92 Å². The van der Waals surface area contributed by atoms with Crippen molar-refractivity contribution in [2.75, 3.05) is 21.3 Å². The second-order valence-electron chi connectivity index (χ2n) is 3.82.